The Kier molecular flexibility index (Phi) is 5.37. The topological polar surface area (TPSA) is 71.3 Å². The zero-order valence-corrected chi connectivity index (χ0v) is 14.9. The summed E-state index contributed by atoms with van der Waals surface area (Å²) in [5, 5.41) is 5.65. The maximum absolute atomic E-state index is 11.8. The second-order valence-electron chi connectivity index (χ2n) is 6.12. The summed E-state index contributed by atoms with van der Waals surface area (Å²) >= 11 is 0. The Hall–Kier alpha value is -3.08. The van der Waals surface area contributed by atoms with E-state index in [4.69, 9.17) is 4.42 Å². The Bertz CT molecular complexity index is 918. The molecule has 5 heteroatoms. The van der Waals surface area contributed by atoms with E-state index < -0.39 is 18.0 Å². The fraction of sp³-hybridized carbons (Fsp3) is 0.238. The molecular weight excluding hydrogens is 328 g/mol. The molecule has 1 aliphatic rings. The molecule has 5 nitrogen and oxygen atoms in total. The van der Waals surface area contributed by atoms with E-state index in [9.17, 15) is 9.59 Å². The molecule has 2 heterocycles. The number of rotatable bonds is 6. The minimum Gasteiger partial charge on any atom is -0.458 e. The summed E-state index contributed by atoms with van der Waals surface area (Å²) in [5.41, 5.74) is 2.84. The number of carbonyl (C=O) groups is 2. The normalized spacial score (nSPS) is 18.2. The molecule has 3 amide bonds. The maximum atomic E-state index is 11.8. The van der Waals surface area contributed by atoms with E-state index in [1.807, 2.05) is 31.2 Å². The van der Waals surface area contributed by atoms with Gasteiger partial charge in [0.1, 0.15) is 11.3 Å². The van der Waals surface area contributed by atoms with Crippen molar-refractivity contribution >= 4 is 28.5 Å². The Balaban J connectivity index is 1.84. The predicted octanol–water partition coefficient (Wildman–Crippen LogP) is 4.63. The van der Waals surface area contributed by atoms with E-state index in [1.165, 1.54) is 0 Å². The number of allylic oxidation sites excluding steroid dienone is 6. The van der Waals surface area contributed by atoms with Gasteiger partial charge in [0.15, 0.2) is 6.04 Å². The standard InChI is InChI=1S/C21H22N2O3/c1-3-5-6-7-8-9-14(4-2)15-10-11-17-16(12-15)13-18(26-17)19-20(24)23-21(25)22-19/h4,6-13,19H,3,5H2,1-2H3,(H2,22,23,24,25)/b7-6+,9-8-,14-4+. The minimum absolute atomic E-state index is 0.398. The van der Waals surface area contributed by atoms with Gasteiger partial charge in [0.25, 0.3) is 5.91 Å². The van der Waals surface area contributed by atoms with Crippen LogP contribution < -0.4 is 10.6 Å². The molecule has 1 aromatic carbocycles. The summed E-state index contributed by atoms with van der Waals surface area (Å²) in [6.07, 6.45) is 12.6. The number of hydrogen-bond donors (Lipinski definition) is 2. The largest absolute Gasteiger partial charge is 0.458 e. The van der Waals surface area contributed by atoms with Gasteiger partial charge in [-0.3, -0.25) is 10.1 Å². The maximum Gasteiger partial charge on any atom is 0.322 e. The van der Waals surface area contributed by atoms with Gasteiger partial charge in [-0.2, -0.15) is 0 Å². The first-order chi connectivity index (χ1) is 12.6. The third-order valence-corrected chi connectivity index (χ3v) is 4.22. The number of carbonyl (C=O) groups excluding carboxylic acids is 2. The zero-order valence-electron chi connectivity index (χ0n) is 14.9. The van der Waals surface area contributed by atoms with E-state index in [1.54, 1.807) is 6.07 Å². The molecule has 0 aliphatic carbocycles. The Morgan fingerprint density at radius 1 is 1.23 bits per heavy atom. The van der Waals surface area contributed by atoms with E-state index in [-0.39, 0.29) is 0 Å². The average Bonchev–Trinajstić information content (AvgIpc) is 3.19. The van der Waals surface area contributed by atoms with Crippen LogP contribution in [0.5, 0.6) is 0 Å². The van der Waals surface area contributed by atoms with E-state index >= 15 is 0 Å². The lowest BCUT2D eigenvalue weighted by atomic mass is 10.0. The fourth-order valence-electron chi connectivity index (χ4n) is 2.86. The summed E-state index contributed by atoms with van der Waals surface area (Å²) < 4.78 is 5.74. The molecule has 134 valence electrons. The summed E-state index contributed by atoms with van der Waals surface area (Å²) in [6, 6.07) is 6.41. The van der Waals surface area contributed by atoms with Crippen LogP contribution in [0.15, 0.2) is 59.1 Å². The monoisotopic (exact) mass is 350 g/mol. The van der Waals surface area contributed by atoms with Crippen molar-refractivity contribution in [2.45, 2.75) is 32.7 Å². The zero-order chi connectivity index (χ0) is 18.5. The predicted molar refractivity (Wildman–Crippen MR) is 102 cm³/mol. The van der Waals surface area contributed by atoms with Crippen LogP contribution in [-0.4, -0.2) is 11.9 Å². The number of amides is 3. The van der Waals surface area contributed by atoms with Crippen LogP contribution in [0.4, 0.5) is 4.79 Å². The van der Waals surface area contributed by atoms with Gasteiger partial charge in [-0.1, -0.05) is 49.8 Å². The van der Waals surface area contributed by atoms with Crippen LogP contribution in [0.1, 0.15) is 44.1 Å². The van der Waals surface area contributed by atoms with Crippen LogP contribution in [-0.2, 0) is 4.79 Å². The molecule has 2 aromatic rings. The Morgan fingerprint density at radius 2 is 2.08 bits per heavy atom. The first-order valence-electron chi connectivity index (χ1n) is 8.77. The van der Waals surface area contributed by atoms with Gasteiger partial charge >= 0.3 is 6.03 Å². The van der Waals surface area contributed by atoms with Crippen LogP contribution in [0.25, 0.3) is 16.5 Å². The molecule has 2 N–H and O–H groups in total. The molecule has 1 atom stereocenters. The molecule has 1 unspecified atom stereocenters. The minimum atomic E-state index is -0.775. The van der Waals surface area contributed by atoms with E-state index in [2.05, 4.69) is 41.9 Å². The third-order valence-electron chi connectivity index (χ3n) is 4.22. The van der Waals surface area contributed by atoms with E-state index in [0.29, 0.717) is 11.3 Å². The third kappa shape index (κ3) is 3.77. The van der Waals surface area contributed by atoms with Crippen molar-refractivity contribution in [1.29, 1.82) is 0 Å². The van der Waals surface area contributed by atoms with Crippen molar-refractivity contribution in [1.82, 2.24) is 10.6 Å². The first kappa shape index (κ1) is 17.7. The molecule has 1 saturated heterocycles. The molecule has 1 aliphatic heterocycles. The van der Waals surface area contributed by atoms with Crippen LogP contribution in [0.2, 0.25) is 0 Å². The van der Waals surface area contributed by atoms with Gasteiger partial charge in [-0.25, -0.2) is 4.79 Å². The van der Waals surface area contributed by atoms with Crippen LogP contribution >= 0.6 is 0 Å². The van der Waals surface area contributed by atoms with Crippen molar-refractivity contribution in [3.8, 4) is 0 Å². The average molecular weight is 350 g/mol. The molecule has 0 spiro atoms. The lowest BCUT2D eigenvalue weighted by Gasteiger charge is -2.01. The lowest BCUT2D eigenvalue weighted by molar-refractivity contribution is -0.120. The molecule has 26 heavy (non-hydrogen) atoms. The number of benzene rings is 1. The number of fused-ring (bicyclic) bond motifs is 1. The van der Waals surface area contributed by atoms with Crippen molar-refractivity contribution in [2.75, 3.05) is 0 Å². The van der Waals surface area contributed by atoms with Gasteiger partial charge < -0.3 is 9.73 Å². The highest BCUT2D eigenvalue weighted by molar-refractivity contribution is 6.04. The van der Waals surface area contributed by atoms with Gasteiger partial charge in [0.2, 0.25) is 0 Å². The number of imide groups is 1. The van der Waals surface area contributed by atoms with Crippen molar-refractivity contribution in [3.63, 3.8) is 0 Å². The van der Waals surface area contributed by atoms with Crippen molar-refractivity contribution < 1.29 is 14.0 Å². The van der Waals surface area contributed by atoms with E-state index in [0.717, 1.165) is 29.4 Å². The highest BCUT2D eigenvalue weighted by atomic mass is 16.3. The highest BCUT2D eigenvalue weighted by Crippen LogP contribution is 2.28. The number of furan rings is 1. The van der Waals surface area contributed by atoms with Crippen molar-refractivity contribution in [3.05, 3.63) is 66.0 Å². The quantitative estimate of drug-likeness (QED) is 0.589. The van der Waals surface area contributed by atoms with Crippen LogP contribution in [0.3, 0.4) is 0 Å². The smallest absolute Gasteiger partial charge is 0.322 e. The second kappa shape index (κ2) is 7.87. The Morgan fingerprint density at radius 3 is 2.77 bits per heavy atom. The lowest BCUT2D eigenvalue weighted by Crippen LogP contribution is -2.22. The van der Waals surface area contributed by atoms with Gasteiger partial charge in [-0.05, 0) is 42.7 Å². The molecule has 0 bridgehead atoms. The number of urea groups is 1. The summed E-state index contributed by atoms with van der Waals surface area (Å²) in [6.45, 7) is 4.15. The molecule has 1 fully saturated rings. The molecule has 3 rings (SSSR count). The number of nitrogens with one attached hydrogen (secondary N) is 2. The summed E-state index contributed by atoms with van der Waals surface area (Å²) in [4.78, 5) is 23.1. The number of hydrogen-bond acceptors (Lipinski definition) is 3. The number of unbranched alkanes of at least 4 members (excludes halogenated alkanes) is 1. The molecule has 0 saturated carbocycles. The van der Waals surface area contributed by atoms with Crippen molar-refractivity contribution in [2.24, 2.45) is 0 Å². The summed E-state index contributed by atoms with van der Waals surface area (Å²) in [5.74, 6) is 0.0331. The first-order valence-corrected chi connectivity index (χ1v) is 8.77. The van der Waals surface area contributed by atoms with Gasteiger partial charge in [0, 0.05) is 5.39 Å². The molecular formula is C21H22N2O3. The Labute approximate surface area is 152 Å². The molecule has 0 radical (unpaired) electrons. The van der Waals surface area contributed by atoms with Gasteiger partial charge in [0.05, 0.1) is 0 Å². The fourth-order valence-corrected chi connectivity index (χ4v) is 2.86. The highest BCUT2D eigenvalue weighted by Gasteiger charge is 2.33. The second-order valence-corrected chi connectivity index (χ2v) is 6.12. The summed E-state index contributed by atoms with van der Waals surface area (Å²) in [7, 11) is 0. The molecule has 1 aromatic heterocycles. The SMILES string of the molecule is C\C=C(/C=C\C=C\CCC)c1ccc2oc(C3NC(=O)NC3=O)cc2c1. The van der Waals surface area contributed by atoms with Crippen LogP contribution in [0, 0.1) is 0 Å². The van der Waals surface area contributed by atoms with Gasteiger partial charge in [-0.15, -0.1) is 0 Å².